The van der Waals surface area contributed by atoms with E-state index < -0.39 is 0 Å². The zero-order chi connectivity index (χ0) is 15.3. The molecule has 1 N–H and O–H groups in total. The quantitative estimate of drug-likeness (QED) is 0.514. The van der Waals surface area contributed by atoms with Gasteiger partial charge < -0.3 is 9.88 Å². The largest absolute Gasteiger partial charge is 0.334 e. The molecule has 1 rings (SSSR count). The van der Waals surface area contributed by atoms with E-state index in [4.69, 9.17) is 0 Å². The van der Waals surface area contributed by atoms with Crippen molar-refractivity contribution in [2.75, 3.05) is 6.54 Å². The fourth-order valence-electron chi connectivity index (χ4n) is 2.83. The van der Waals surface area contributed by atoms with E-state index in [1.165, 1.54) is 63.6 Å². The first-order valence-corrected chi connectivity index (χ1v) is 9.07. The molecule has 0 aromatic carbocycles. The fourth-order valence-corrected chi connectivity index (χ4v) is 2.83. The molecule has 1 unspecified atom stereocenters. The van der Waals surface area contributed by atoms with E-state index in [0.717, 1.165) is 13.1 Å². The second-order valence-corrected chi connectivity index (χ2v) is 6.04. The van der Waals surface area contributed by atoms with Crippen LogP contribution in [0.15, 0.2) is 12.4 Å². The summed E-state index contributed by atoms with van der Waals surface area (Å²) >= 11 is 0. The van der Waals surface area contributed by atoms with Gasteiger partial charge in [0.25, 0.3) is 0 Å². The summed E-state index contributed by atoms with van der Waals surface area (Å²) in [6, 6.07) is 0.428. The summed E-state index contributed by atoms with van der Waals surface area (Å²) in [6.07, 6.45) is 15.8. The van der Waals surface area contributed by atoms with Gasteiger partial charge in [0.15, 0.2) is 0 Å². The molecule has 0 aliphatic carbocycles. The Kier molecular flexibility index (Phi) is 10.2. The summed E-state index contributed by atoms with van der Waals surface area (Å²) in [4.78, 5) is 4.62. The molecule has 1 heterocycles. The molecule has 1 aromatic rings. The Morgan fingerprint density at radius 3 is 2.48 bits per heavy atom. The first-order valence-electron chi connectivity index (χ1n) is 9.07. The van der Waals surface area contributed by atoms with Crippen molar-refractivity contribution >= 4 is 0 Å². The smallest absolute Gasteiger partial charge is 0.125 e. The van der Waals surface area contributed by atoms with Crippen LogP contribution in [0.5, 0.6) is 0 Å². The first-order chi connectivity index (χ1) is 10.3. The van der Waals surface area contributed by atoms with Gasteiger partial charge in [-0.25, -0.2) is 4.98 Å². The van der Waals surface area contributed by atoms with Crippen molar-refractivity contribution in [3.8, 4) is 0 Å². The molecule has 0 amide bonds. The topological polar surface area (TPSA) is 29.9 Å². The van der Waals surface area contributed by atoms with E-state index in [-0.39, 0.29) is 0 Å². The summed E-state index contributed by atoms with van der Waals surface area (Å²) in [5.74, 6) is 1.24. The number of imidazole rings is 1. The molecule has 21 heavy (non-hydrogen) atoms. The average Bonchev–Trinajstić information content (AvgIpc) is 2.94. The number of hydrogen-bond acceptors (Lipinski definition) is 2. The van der Waals surface area contributed by atoms with Crippen LogP contribution in [0.4, 0.5) is 0 Å². The van der Waals surface area contributed by atoms with Crippen molar-refractivity contribution in [1.29, 1.82) is 0 Å². The normalized spacial score (nSPS) is 12.7. The summed E-state index contributed by atoms with van der Waals surface area (Å²) in [5, 5.41) is 3.69. The van der Waals surface area contributed by atoms with E-state index in [2.05, 4.69) is 41.8 Å². The van der Waals surface area contributed by atoms with Gasteiger partial charge >= 0.3 is 0 Å². The SMILES string of the molecule is CCCCCCCCC(NCCC)c1nccn1CCC. The minimum absolute atomic E-state index is 0.428. The number of unbranched alkanes of at least 4 members (excludes halogenated alkanes) is 5. The molecule has 0 saturated heterocycles. The van der Waals surface area contributed by atoms with Crippen molar-refractivity contribution in [2.45, 2.75) is 91.1 Å². The third kappa shape index (κ3) is 7.12. The van der Waals surface area contributed by atoms with Crippen LogP contribution in [0.1, 0.15) is 90.4 Å². The Bertz CT molecular complexity index is 346. The fraction of sp³-hybridized carbons (Fsp3) is 0.833. The zero-order valence-electron chi connectivity index (χ0n) is 14.4. The van der Waals surface area contributed by atoms with Crippen LogP contribution in [0.3, 0.4) is 0 Å². The van der Waals surface area contributed by atoms with Crippen LogP contribution in [-0.4, -0.2) is 16.1 Å². The van der Waals surface area contributed by atoms with E-state index in [9.17, 15) is 0 Å². The lowest BCUT2D eigenvalue weighted by molar-refractivity contribution is 0.431. The van der Waals surface area contributed by atoms with Gasteiger partial charge in [0.05, 0.1) is 6.04 Å². The van der Waals surface area contributed by atoms with Gasteiger partial charge in [-0.05, 0) is 25.8 Å². The molecule has 0 fully saturated rings. The zero-order valence-corrected chi connectivity index (χ0v) is 14.4. The number of nitrogens with one attached hydrogen (secondary N) is 1. The molecule has 1 atom stereocenters. The molecule has 0 bridgehead atoms. The summed E-state index contributed by atoms with van der Waals surface area (Å²) in [7, 11) is 0. The molecule has 0 aliphatic heterocycles. The number of hydrogen-bond donors (Lipinski definition) is 1. The number of aromatic nitrogens is 2. The highest BCUT2D eigenvalue weighted by Crippen LogP contribution is 2.20. The molecule has 0 aliphatic rings. The first kappa shape index (κ1) is 18.2. The Morgan fingerprint density at radius 2 is 1.76 bits per heavy atom. The van der Waals surface area contributed by atoms with Crippen molar-refractivity contribution < 1.29 is 0 Å². The third-order valence-corrected chi connectivity index (χ3v) is 4.01. The second kappa shape index (κ2) is 11.8. The third-order valence-electron chi connectivity index (χ3n) is 4.01. The molecule has 0 saturated carbocycles. The molecule has 0 spiro atoms. The molecule has 0 radical (unpaired) electrons. The number of aryl methyl sites for hydroxylation is 1. The predicted octanol–water partition coefficient (Wildman–Crippen LogP) is 5.08. The van der Waals surface area contributed by atoms with Crippen molar-refractivity contribution in [3.05, 3.63) is 18.2 Å². The molecule has 3 heteroatoms. The highest BCUT2D eigenvalue weighted by molar-refractivity contribution is 4.99. The van der Waals surface area contributed by atoms with Gasteiger partial charge in [0, 0.05) is 18.9 Å². The van der Waals surface area contributed by atoms with Crippen molar-refractivity contribution in [2.24, 2.45) is 0 Å². The number of rotatable bonds is 13. The average molecular weight is 293 g/mol. The van der Waals surface area contributed by atoms with Crippen molar-refractivity contribution in [3.63, 3.8) is 0 Å². The van der Waals surface area contributed by atoms with Crippen LogP contribution < -0.4 is 5.32 Å². The molecule has 1 aromatic heterocycles. The van der Waals surface area contributed by atoms with Gasteiger partial charge in [-0.1, -0.05) is 59.3 Å². The standard InChI is InChI=1S/C18H35N3/c1-4-7-8-9-10-11-12-17(19-13-5-2)18-20-14-16-21(18)15-6-3/h14,16-17,19H,4-13,15H2,1-3H3. The summed E-state index contributed by atoms with van der Waals surface area (Å²) in [5.41, 5.74) is 0. The lowest BCUT2D eigenvalue weighted by Crippen LogP contribution is -2.25. The lowest BCUT2D eigenvalue weighted by atomic mass is 10.0. The van der Waals surface area contributed by atoms with E-state index in [1.54, 1.807) is 0 Å². The maximum atomic E-state index is 4.62. The Morgan fingerprint density at radius 1 is 1.00 bits per heavy atom. The van der Waals surface area contributed by atoms with Gasteiger partial charge in [-0.2, -0.15) is 0 Å². The maximum Gasteiger partial charge on any atom is 0.125 e. The van der Waals surface area contributed by atoms with Crippen LogP contribution >= 0.6 is 0 Å². The van der Waals surface area contributed by atoms with E-state index in [0.29, 0.717) is 6.04 Å². The molecule has 122 valence electrons. The highest BCUT2D eigenvalue weighted by Gasteiger charge is 2.15. The minimum Gasteiger partial charge on any atom is -0.334 e. The molecular weight excluding hydrogens is 258 g/mol. The van der Waals surface area contributed by atoms with E-state index in [1.807, 2.05) is 6.20 Å². The Balaban J connectivity index is 2.45. The van der Waals surface area contributed by atoms with Gasteiger partial charge in [0.1, 0.15) is 5.82 Å². The molecular formula is C18H35N3. The van der Waals surface area contributed by atoms with Crippen molar-refractivity contribution in [1.82, 2.24) is 14.9 Å². The van der Waals surface area contributed by atoms with Crippen LogP contribution in [-0.2, 0) is 6.54 Å². The highest BCUT2D eigenvalue weighted by atomic mass is 15.1. The molecule has 3 nitrogen and oxygen atoms in total. The van der Waals surface area contributed by atoms with E-state index >= 15 is 0 Å². The Hall–Kier alpha value is -0.830. The second-order valence-electron chi connectivity index (χ2n) is 6.04. The lowest BCUT2D eigenvalue weighted by Gasteiger charge is -2.19. The van der Waals surface area contributed by atoms with Crippen LogP contribution in [0.2, 0.25) is 0 Å². The van der Waals surface area contributed by atoms with Gasteiger partial charge in [0.2, 0.25) is 0 Å². The number of nitrogens with zero attached hydrogens (tertiary/aromatic N) is 2. The van der Waals surface area contributed by atoms with Crippen LogP contribution in [0, 0.1) is 0 Å². The predicted molar refractivity (Wildman–Crippen MR) is 91.5 cm³/mol. The summed E-state index contributed by atoms with van der Waals surface area (Å²) in [6.45, 7) is 8.90. The monoisotopic (exact) mass is 293 g/mol. The van der Waals surface area contributed by atoms with Gasteiger partial charge in [-0.15, -0.1) is 0 Å². The minimum atomic E-state index is 0.428. The van der Waals surface area contributed by atoms with Crippen LogP contribution in [0.25, 0.3) is 0 Å². The maximum absolute atomic E-state index is 4.62. The Labute approximate surface area is 131 Å². The van der Waals surface area contributed by atoms with Gasteiger partial charge in [-0.3, -0.25) is 0 Å². The summed E-state index contributed by atoms with van der Waals surface area (Å²) < 4.78 is 2.32.